The monoisotopic (exact) mass is 429 g/mol. The van der Waals surface area contributed by atoms with Crippen LogP contribution >= 0.6 is 0 Å². The lowest BCUT2D eigenvalue weighted by Gasteiger charge is -2.36. The van der Waals surface area contributed by atoms with E-state index < -0.39 is 0 Å². The highest BCUT2D eigenvalue weighted by molar-refractivity contribution is 5.95. The summed E-state index contributed by atoms with van der Waals surface area (Å²) in [6, 6.07) is 17.1. The Labute approximate surface area is 184 Å². The van der Waals surface area contributed by atoms with Gasteiger partial charge in [-0.25, -0.2) is 9.97 Å². The van der Waals surface area contributed by atoms with Gasteiger partial charge in [0.05, 0.1) is 35.9 Å². The Hall–Kier alpha value is -3.78. The molecule has 8 nitrogen and oxygen atoms in total. The summed E-state index contributed by atoms with van der Waals surface area (Å²) >= 11 is 0. The lowest BCUT2D eigenvalue weighted by Crippen LogP contribution is -2.49. The van der Waals surface area contributed by atoms with Crippen molar-refractivity contribution in [3.8, 4) is 0 Å². The molecule has 0 saturated carbocycles. The molecule has 2 aromatic heterocycles. The van der Waals surface area contributed by atoms with E-state index in [0.29, 0.717) is 42.8 Å². The fourth-order valence-corrected chi connectivity index (χ4v) is 4.13. The van der Waals surface area contributed by atoms with Crippen LogP contribution < -0.4 is 10.5 Å². The first-order valence-electron chi connectivity index (χ1n) is 10.6. The number of benzene rings is 2. The molecule has 1 amide bonds. The summed E-state index contributed by atoms with van der Waals surface area (Å²) in [5.74, 6) is -0.0555. The number of pyridine rings is 1. The van der Waals surface area contributed by atoms with Crippen molar-refractivity contribution in [3.05, 3.63) is 77.0 Å². The second-order valence-electron chi connectivity index (χ2n) is 7.84. The maximum atomic E-state index is 13.0. The molecule has 5 rings (SSSR count). The molecule has 1 aliphatic heterocycles. The van der Waals surface area contributed by atoms with Gasteiger partial charge in [0.1, 0.15) is 5.69 Å². The summed E-state index contributed by atoms with van der Waals surface area (Å²) in [5.41, 5.74) is 2.72. The maximum absolute atomic E-state index is 13.0. The van der Waals surface area contributed by atoms with Gasteiger partial charge in [-0.1, -0.05) is 24.3 Å². The maximum Gasteiger partial charge on any atom is 0.272 e. The molecule has 3 heterocycles. The Morgan fingerprint density at radius 2 is 1.78 bits per heavy atom. The van der Waals surface area contributed by atoms with Crippen LogP contribution in [0.25, 0.3) is 21.8 Å². The number of fused-ring (bicyclic) bond motifs is 2. The Morgan fingerprint density at radius 1 is 0.969 bits per heavy atom. The fraction of sp³-hybridized carbons (Fsp3) is 0.250. The lowest BCUT2D eigenvalue weighted by atomic mass is 10.1. The van der Waals surface area contributed by atoms with Gasteiger partial charge in [-0.2, -0.15) is 0 Å². The highest BCUT2D eigenvalue weighted by Crippen LogP contribution is 2.21. The molecule has 162 valence electrons. The van der Waals surface area contributed by atoms with Gasteiger partial charge < -0.3 is 14.9 Å². The number of carbonyl (C=O) groups is 1. The van der Waals surface area contributed by atoms with Gasteiger partial charge in [-0.05, 0) is 30.3 Å². The van der Waals surface area contributed by atoms with E-state index in [2.05, 4.69) is 14.9 Å². The Morgan fingerprint density at radius 3 is 2.59 bits per heavy atom. The SMILES string of the molecule is O=C(c1ccc2ccccc2n1)N1CCN(c2ccc3c(=O)n(CCO)cnc3c2)CC1. The average Bonchev–Trinajstić information content (AvgIpc) is 2.85. The number of aliphatic hydroxyl groups excluding tert-OH is 1. The van der Waals surface area contributed by atoms with E-state index in [1.807, 2.05) is 47.4 Å². The average molecular weight is 429 g/mol. The van der Waals surface area contributed by atoms with Gasteiger partial charge in [-0.15, -0.1) is 0 Å². The molecule has 0 spiro atoms. The number of carbonyl (C=O) groups excluding carboxylic acids is 1. The zero-order valence-electron chi connectivity index (χ0n) is 17.5. The van der Waals surface area contributed by atoms with E-state index in [-0.39, 0.29) is 24.6 Å². The van der Waals surface area contributed by atoms with Crippen LogP contribution in [-0.2, 0) is 6.54 Å². The van der Waals surface area contributed by atoms with Crippen molar-refractivity contribution in [2.45, 2.75) is 6.54 Å². The molecule has 2 aromatic carbocycles. The van der Waals surface area contributed by atoms with E-state index in [9.17, 15) is 9.59 Å². The number of hydrogen-bond donors (Lipinski definition) is 1. The van der Waals surface area contributed by atoms with Crippen LogP contribution in [0.3, 0.4) is 0 Å². The molecule has 8 heteroatoms. The van der Waals surface area contributed by atoms with E-state index in [1.165, 1.54) is 10.9 Å². The first-order valence-corrected chi connectivity index (χ1v) is 10.6. The van der Waals surface area contributed by atoms with Crippen molar-refractivity contribution >= 4 is 33.4 Å². The lowest BCUT2D eigenvalue weighted by molar-refractivity contribution is 0.0741. The number of aliphatic hydroxyl groups is 1. The molecule has 0 radical (unpaired) electrons. The number of aromatic nitrogens is 3. The predicted octanol–water partition coefficient (Wildman–Crippen LogP) is 1.90. The Kier molecular flexibility index (Phi) is 5.28. The minimum absolute atomic E-state index is 0.0555. The van der Waals surface area contributed by atoms with Crippen molar-refractivity contribution < 1.29 is 9.90 Å². The zero-order valence-corrected chi connectivity index (χ0v) is 17.5. The molecule has 1 N–H and O–H groups in total. The third-order valence-electron chi connectivity index (χ3n) is 5.90. The van der Waals surface area contributed by atoms with E-state index in [4.69, 9.17) is 5.11 Å². The molecule has 32 heavy (non-hydrogen) atoms. The quantitative estimate of drug-likeness (QED) is 0.533. The van der Waals surface area contributed by atoms with Crippen molar-refractivity contribution in [2.24, 2.45) is 0 Å². The minimum atomic E-state index is -0.158. The highest BCUT2D eigenvalue weighted by atomic mass is 16.3. The summed E-state index contributed by atoms with van der Waals surface area (Å²) in [6.45, 7) is 2.68. The Balaban J connectivity index is 1.30. The summed E-state index contributed by atoms with van der Waals surface area (Å²) < 4.78 is 1.41. The predicted molar refractivity (Wildman–Crippen MR) is 123 cm³/mol. The number of nitrogens with zero attached hydrogens (tertiary/aromatic N) is 5. The zero-order chi connectivity index (χ0) is 22.1. The van der Waals surface area contributed by atoms with Crippen LogP contribution in [0.1, 0.15) is 10.5 Å². The third kappa shape index (κ3) is 3.69. The first kappa shape index (κ1) is 20.1. The van der Waals surface area contributed by atoms with Crippen molar-refractivity contribution in [1.29, 1.82) is 0 Å². The van der Waals surface area contributed by atoms with Crippen LogP contribution in [0.2, 0.25) is 0 Å². The number of rotatable bonds is 4. The van der Waals surface area contributed by atoms with Crippen LogP contribution in [0, 0.1) is 0 Å². The van der Waals surface area contributed by atoms with Gasteiger partial charge >= 0.3 is 0 Å². The van der Waals surface area contributed by atoms with Gasteiger partial charge in [0.15, 0.2) is 0 Å². The smallest absolute Gasteiger partial charge is 0.272 e. The Bertz CT molecular complexity index is 1360. The normalized spacial score (nSPS) is 14.3. The van der Waals surface area contributed by atoms with Crippen molar-refractivity contribution in [3.63, 3.8) is 0 Å². The van der Waals surface area contributed by atoms with Gasteiger partial charge in [0, 0.05) is 37.3 Å². The number of hydrogen-bond acceptors (Lipinski definition) is 6. The number of anilines is 1. The summed E-state index contributed by atoms with van der Waals surface area (Å²) in [6.07, 6.45) is 1.47. The van der Waals surface area contributed by atoms with E-state index >= 15 is 0 Å². The first-order chi connectivity index (χ1) is 15.6. The second-order valence-corrected chi connectivity index (χ2v) is 7.84. The van der Waals surface area contributed by atoms with Gasteiger partial charge in [0.25, 0.3) is 11.5 Å². The molecule has 4 aromatic rings. The third-order valence-corrected chi connectivity index (χ3v) is 5.90. The summed E-state index contributed by atoms with van der Waals surface area (Å²) in [7, 11) is 0. The molecule has 1 fully saturated rings. The second kappa shape index (κ2) is 8.39. The van der Waals surface area contributed by atoms with Gasteiger partial charge in [-0.3, -0.25) is 14.2 Å². The number of piperazine rings is 1. The van der Waals surface area contributed by atoms with Crippen LogP contribution in [-0.4, -0.2) is 63.2 Å². The highest BCUT2D eigenvalue weighted by Gasteiger charge is 2.23. The van der Waals surface area contributed by atoms with Crippen LogP contribution in [0.4, 0.5) is 5.69 Å². The van der Waals surface area contributed by atoms with E-state index in [1.54, 1.807) is 12.1 Å². The summed E-state index contributed by atoms with van der Waals surface area (Å²) in [4.78, 5) is 38.4. The van der Waals surface area contributed by atoms with E-state index in [0.717, 1.165) is 16.6 Å². The number of amides is 1. The topological polar surface area (TPSA) is 91.6 Å². The van der Waals surface area contributed by atoms with Crippen molar-refractivity contribution in [1.82, 2.24) is 19.4 Å². The largest absolute Gasteiger partial charge is 0.395 e. The van der Waals surface area contributed by atoms with Gasteiger partial charge in [0.2, 0.25) is 0 Å². The minimum Gasteiger partial charge on any atom is -0.395 e. The molecule has 1 aliphatic rings. The molecular formula is C24H23N5O3. The van der Waals surface area contributed by atoms with Crippen LogP contribution in [0.15, 0.2) is 65.7 Å². The standard InChI is InChI=1S/C24H23N5O3/c30-14-13-29-16-25-22-15-18(6-7-19(22)23(29)31)27-9-11-28(12-10-27)24(32)21-8-5-17-3-1-2-4-20(17)26-21/h1-8,15-16,30H,9-14H2. The molecule has 0 aliphatic carbocycles. The molecule has 0 bridgehead atoms. The summed E-state index contributed by atoms with van der Waals surface area (Å²) in [5, 5.41) is 10.6. The van der Waals surface area contributed by atoms with Crippen LogP contribution in [0.5, 0.6) is 0 Å². The molecular weight excluding hydrogens is 406 g/mol. The molecule has 0 unspecified atom stereocenters. The van der Waals surface area contributed by atoms with Crippen molar-refractivity contribution in [2.75, 3.05) is 37.7 Å². The molecule has 1 saturated heterocycles. The molecule has 0 atom stereocenters. The fourth-order valence-electron chi connectivity index (χ4n) is 4.13. The number of para-hydroxylation sites is 1.